The second-order valence-electron chi connectivity index (χ2n) is 7.15. The number of aromatic nitrogens is 1. The number of fused-ring (bicyclic) bond motifs is 1. The fourth-order valence-electron chi connectivity index (χ4n) is 3.35. The van der Waals surface area contributed by atoms with E-state index in [9.17, 15) is 29.9 Å². The summed E-state index contributed by atoms with van der Waals surface area (Å²) in [5.74, 6) is -2.34. The SMILES string of the molecule is O=C(Cn1c(O)c(N=NC(=O)c2cc([N+](=O)[O-])ccc2O)c2ccccc21)Nc1ccccc1. The highest BCUT2D eigenvalue weighted by Gasteiger charge is 2.20. The number of amides is 2. The van der Waals surface area contributed by atoms with Crippen molar-refractivity contribution >= 4 is 39.8 Å². The van der Waals surface area contributed by atoms with Crippen molar-refractivity contribution in [1.29, 1.82) is 0 Å². The number of nitrogens with one attached hydrogen (secondary N) is 1. The first-order chi connectivity index (χ1) is 16.3. The standard InChI is InChI=1S/C23H17N5O6/c29-19-11-10-15(28(33)34)12-17(19)22(31)26-25-21-16-8-4-5-9-18(16)27(23(21)32)13-20(30)24-14-6-2-1-3-7-14/h1-12,29,32H,13H2,(H,24,30). The second kappa shape index (κ2) is 9.20. The van der Waals surface area contributed by atoms with Crippen molar-refractivity contribution in [3.05, 3.63) is 88.5 Å². The van der Waals surface area contributed by atoms with E-state index in [4.69, 9.17) is 0 Å². The Kier molecular flexibility index (Phi) is 5.99. The van der Waals surface area contributed by atoms with Crippen LogP contribution >= 0.6 is 0 Å². The summed E-state index contributed by atoms with van der Waals surface area (Å²) in [6.07, 6.45) is 0. The van der Waals surface area contributed by atoms with E-state index < -0.39 is 39.6 Å². The fourth-order valence-corrected chi connectivity index (χ4v) is 3.35. The summed E-state index contributed by atoms with van der Waals surface area (Å²) in [6, 6.07) is 18.4. The highest BCUT2D eigenvalue weighted by atomic mass is 16.6. The van der Waals surface area contributed by atoms with E-state index in [1.54, 1.807) is 48.5 Å². The van der Waals surface area contributed by atoms with Crippen molar-refractivity contribution in [3.63, 3.8) is 0 Å². The van der Waals surface area contributed by atoms with Crippen molar-refractivity contribution in [2.45, 2.75) is 6.54 Å². The van der Waals surface area contributed by atoms with E-state index in [0.717, 1.165) is 18.2 Å². The number of nitrogens with zero attached hydrogens (tertiary/aromatic N) is 4. The molecule has 3 aromatic carbocycles. The molecule has 170 valence electrons. The summed E-state index contributed by atoms with van der Waals surface area (Å²) in [7, 11) is 0. The maximum absolute atomic E-state index is 12.5. The first-order valence-corrected chi connectivity index (χ1v) is 9.93. The molecule has 0 saturated carbocycles. The van der Waals surface area contributed by atoms with E-state index in [-0.39, 0.29) is 12.2 Å². The molecule has 0 atom stereocenters. The molecule has 0 aliphatic rings. The molecule has 11 nitrogen and oxygen atoms in total. The number of nitro groups is 1. The van der Waals surface area contributed by atoms with Gasteiger partial charge in [-0.05, 0) is 24.3 Å². The zero-order valence-electron chi connectivity index (χ0n) is 17.5. The van der Waals surface area contributed by atoms with Gasteiger partial charge in [-0.25, -0.2) is 0 Å². The van der Waals surface area contributed by atoms with Crippen molar-refractivity contribution in [2.75, 3.05) is 5.32 Å². The third-order valence-corrected chi connectivity index (χ3v) is 4.94. The van der Waals surface area contributed by atoms with Gasteiger partial charge >= 0.3 is 0 Å². The maximum atomic E-state index is 12.5. The number of anilines is 1. The Labute approximate surface area is 191 Å². The van der Waals surface area contributed by atoms with Crippen LogP contribution in [0.1, 0.15) is 10.4 Å². The van der Waals surface area contributed by atoms with Gasteiger partial charge < -0.3 is 20.1 Å². The Balaban J connectivity index is 1.65. The Morgan fingerprint density at radius 1 is 1.00 bits per heavy atom. The molecule has 1 heterocycles. The number of hydrogen-bond acceptors (Lipinski definition) is 7. The lowest BCUT2D eigenvalue weighted by Crippen LogP contribution is -2.18. The Morgan fingerprint density at radius 2 is 1.71 bits per heavy atom. The largest absolute Gasteiger partial charge is 0.507 e. The molecule has 4 aromatic rings. The molecular formula is C23H17N5O6. The number of benzene rings is 3. The number of para-hydroxylation sites is 2. The normalized spacial score (nSPS) is 11.1. The number of azo groups is 1. The van der Waals surface area contributed by atoms with Gasteiger partial charge in [0.1, 0.15) is 12.3 Å². The molecule has 0 unspecified atom stereocenters. The van der Waals surface area contributed by atoms with Crippen LogP contribution in [0.15, 0.2) is 83.0 Å². The lowest BCUT2D eigenvalue weighted by Gasteiger charge is -2.08. The van der Waals surface area contributed by atoms with Crippen molar-refractivity contribution in [2.24, 2.45) is 10.2 Å². The number of non-ortho nitro benzene ring substituents is 1. The molecule has 4 rings (SSSR count). The minimum Gasteiger partial charge on any atom is -0.507 e. The maximum Gasteiger partial charge on any atom is 0.299 e. The average molecular weight is 459 g/mol. The van der Waals surface area contributed by atoms with Crippen LogP contribution in [-0.4, -0.2) is 31.5 Å². The molecule has 1 aromatic heterocycles. The third kappa shape index (κ3) is 4.43. The monoisotopic (exact) mass is 459 g/mol. The van der Waals surface area contributed by atoms with E-state index in [0.29, 0.717) is 16.6 Å². The van der Waals surface area contributed by atoms with Crippen LogP contribution in [0.3, 0.4) is 0 Å². The summed E-state index contributed by atoms with van der Waals surface area (Å²) < 4.78 is 1.32. The van der Waals surface area contributed by atoms with E-state index in [1.807, 2.05) is 6.07 Å². The number of phenols is 1. The van der Waals surface area contributed by atoms with Crippen LogP contribution in [0.4, 0.5) is 17.1 Å². The van der Waals surface area contributed by atoms with E-state index in [1.165, 1.54) is 4.57 Å². The predicted molar refractivity (Wildman–Crippen MR) is 122 cm³/mol. The molecule has 0 fully saturated rings. The number of phenolic OH excluding ortho intramolecular Hbond substituents is 1. The highest BCUT2D eigenvalue weighted by Crippen LogP contribution is 2.39. The summed E-state index contributed by atoms with van der Waals surface area (Å²) in [4.78, 5) is 35.2. The lowest BCUT2D eigenvalue weighted by atomic mass is 10.1. The Hall–Kier alpha value is -5.06. The smallest absolute Gasteiger partial charge is 0.299 e. The zero-order chi connectivity index (χ0) is 24.2. The average Bonchev–Trinajstić information content (AvgIpc) is 3.09. The van der Waals surface area contributed by atoms with Gasteiger partial charge in [-0.2, -0.15) is 0 Å². The molecule has 0 spiro atoms. The van der Waals surface area contributed by atoms with Gasteiger partial charge in [-0.3, -0.25) is 19.7 Å². The van der Waals surface area contributed by atoms with Crippen LogP contribution in [0.5, 0.6) is 11.6 Å². The molecular weight excluding hydrogens is 442 g/mol. The predicted octanol–water partition coefficient (Wildman–Crippen LogP) is 4.52. The first kappa shape index (κ1) is 22.1. The minimum absolute atomic E-state index is 0.0682. The van der Waals surface area contributed by atoms with Gasteiger partial charge in [0.05, 0.1) is 16.0 Å². The quantitative estimate of drug-likeness (QED) is 0.218. The van der Waals surface area contributed by atoms with Crippen molar-refractivity contribution in [3.8, 4) is 11.6 Å². The number of carbonyl (C=O) groups excluding carboxylic acids is 2. The molecule has 11 heteroatoms. The third-order valence-electron chi connectivity index (χ3n) is 4.94. The highest BCUT2D eigenvalue weighted by molar-refractivity contribution is 6.00. The summed E-state index contributed by atoms with van der Waals surface area (Å²) >= 11 is 0. The first-order valence-electron chi connectivity index (χ1n) is 9.93. The summed E-state index contributed by atoms with van der Waals surface area (Å²) in [5.41, 5.74) is 0.179. The number of nitro benzene ring substituents is 1. The van der Waals surface area contributed by atoms with Gasteiger partial charge in [0.2, 0.25) is 11.8 Å². The van der Waals surface area contributed by atoms with Crippen LogP contribution in [0, 0.1) is 10.1 Å². The molecule has 0 aliphatic carbocycles. The van der Waals surface area contributed by atoms with Gasteiger partial charge in [0, 0.05) is 23.2 Å². The van der Waals surface area contributed by atoms with Crippen molar-refractivity contribution < 1.29 is 24.7 Å². The fraction of sp³-hybridized carbons (Fsp3) is 0.0435. The Bertz CT molecular complexity index is 1450. The zero-order valence-corrected chi connectivity index (χ0v) is 17.5. The number of rotatable bonds is 6. The molecule has 2 amide bonds. The molecule has 0 saturated heterocycles. The Morgan fingerprint density at radius 3 is 2.44 bits per heavy atom. The van der Waals surface area contributed by atoms with Gasteiger partial charge in [0.25, 0.3) is 11.6 Å². The molecule has 0 bridgehead atoms. The van der Waals surface area contributed by atoms with Gasteiger partial charge in [0.15, 0.2) is 5.69 Å². The van der Waals surface area contributed by atoms with Crippen LogP contribution < -0.4 is 5.32 Å². The number of carbonyl (C=O) groups is 2. The summed E-state index contributed by atoms with van der Waals surface area (Å²) in [6.45, 7) is -0.240. The van der Waals surface area contributed by atoms with Gasteiger partial charge in [-0.1, -0.05) is 36.4 Å². The number of hydrogen-bond donors (Lipinski definition) is 3. The second-order valence-corrected chi connectivity index (χ2v) is 7.15. The van der Waals surface area contributed by atoms with Crippen molar-refractivity contribution in [1.82, 2.24) is 4.57 Å². The number of aromatic hydroxyl groups is 2. The molecule has 3 N–H and O–H groups in total. The summed E-state index contributed by atoms with van der Waals surface area (Å²) in [5, 5.41) is 42.1. The lowest BCUT2D eigenvalue weighted by molar-refractivity contribution is -0.384. The molecule has 0 aliphatic heterocycles. The van der Waals surface area contributed by atoms with Crippen LogP contribution in [-0.2, 0) is 11.3 Å². The minimum atomic E-state index is -1.04. The molecule has 0 radical (unpaired) electrons. The van der Waals surface area contributed by atoms with Crippen LogP contribution in [0.2, 0.25) is 0 Å². The van der Waals surface area contributed by atoms with Gasteiger partial charge in [-0.15, -0.1) is 10.2 Å². The molecule has 34 heavy (non-hydrogen) atoms. The van der Waals surface area contributed by atoms with E-state index >= 15 is 0 Å². The topological polar surface area (TPSA) is 159 Å². The van der Waals surface area contributed by atoms with E-state index in [2.05, 4.69) is 15.5 Å². The van der Waals surface area contributed by atoms with Crippen LogP contribution in [0.25, 0.3) is 10.9 Å².